The molecular formula is C21H23Cl4N3O4S. The van der Waals surface area contributed by atoms with Crippen molar-refractivity contribution in [3.05, 3.63) is 62.1 Å². The lowest BCUT2D eigenvalue weighted by Gasteiger charge is -2.33. The summed E-state index contributed by atoms with van der Waals surface area (Å²) >= 11 is 24.6. The molecule has 33 heavy (non-hydrogen) atoms. The van der Waals surface area contributed by atoms with Crippen molar-refractivity contribution in [2.45, 2.75) is 25.9 Å². The van der Waals surface area contributed by atoms with Crippen molar-refractivity contribution in [1.29, 1.82) is 0 Å². The molecule has 2 aromatic rings. The summed E-state index contributed by atoms with van der Waals surface area (Å²) in [7, 11) is -2.44. The molecule has 2 aromatic carbocycles. The van der Waals surface area contributed by atoms with Gasteiger partial charge in [-0.05, 0) is 36.8 Å². The maximum Gasteiger partial charge on any atom is 0.244 e. The standard InChI is InChI=1S/C21H23Cl4N3O4S/c1-4-19(21(30)26-2)27(11-14-15(22)6-5-7-16(14)23)20(29)12-28(33(3,31)32)13-8-9-17(24)18(25)10-13/h5-10,19H,4,11-12H2,1-3H3,(H,26,30). The minimum atomic E-state index is -3.89. The summed E-state index contributed by atoms with van der Waals surface area (Å²) in [6, 6.07) is 8.23. The Kier molecular flexibility index (Phi) is 9.70. The maximum absolute atomic E-state index is 13.5. The van der Waals surface area contributed by atoms with Gasteiger partial charge in [0.15, 0.2) is 0 Å². The first kappa shape index (κ1) is 27.5. The zero-order valence-corrected chi connectivity index (χ0v) is 22.0. The fraction of sp³-hybridized carbons (Fsp3) is 0.333. The Hall–Kier alpha value is -1.71. The molecule has 2 rings (SSSR count). The van der Waals surface area contributed by atoms with E-state index < -0.39 is 34.4 Å². The number of anilines is 1. The molecular weight excluding hydrogens is 532 g/mol. The summed E-state index contributed by atoms with van der Waals surface area (Å²) in [5.74, 6) is -1.03. The first-order chi connectivity index (χ1) is 15.4. The summed E-state index contributed by atoms with van der Waals surface area (Å²) in [5.41, 5.74) is 0.598. The van der Waals surface area contributed by atoms with Crippen molar-refractivity contribution in [3.8, 4) is 0 Å². The first-order valence-corrected chi connectivity index (χ1v) is 13.1. The topological polar surface area (TPSA) is 86.8 Å². The summed E-state index contributed by atoms with van der Waals surface area (Å²) in [4.78, 5) is 27.3. The van der Waals surface area contributed by atoms with Gasteiger partial charge in [0.2, 0.25) is 21.8 Å². The fourth-order valence-electron chi connectivity index (χ4n) is 3.19. The average molecular weight is 555 g/mol. The van der Waals surface area contributed by atoms with E-state index >= 15 is 0 Å². The number of rotatable bonds is 9. The number of hydrogen-bond donors (Lipinski definition) is 1. The summed E-state index contributed by atoms with van der Waals surface area (Å²) < 4.78 is 26.0. The number of benzene rings is 2. The zero-order chi connectivity index (χ0) is 24.9. The van der Waals surface area contributed by atoms with Crippen molar-refractivity contribution < 1.29 is 18.0 Å². The van der Waals surface area contributed by atoms with Gasteiger partial charge in [-0.15, -0.1) is 0 Å². The van der Waals surface area contributed by atoms with Gasteiger partial charge in [-0.2, -0.15) is 0 Å². The highest BCUT2D eigenvalue weighted by atomic mass is 35.5. The Balaban J connectivity index is 2.51. The first-order valence-electron chi connectivity index (χ1n) is 9.77. The number of sulfonamides is 1. The highest BCUT2D eigenvalue weighted by molar-refractivity contribution is 7.92. The molecule has 0 aliphatic heterocycles. The van der Waals surface area contributed by atoms with Crippen LogP contribution in [0.1, 0.15) is 18.9 Å². The van der Waals surface area contributed by atoms with Crippen molar-refractivity contribution in [2.24, 2.45) is 0 Å². The molecule has 0 saturated carbocycles. The van der Waals surface area contributed by atoms with Gasteiger partial charge in [0.25, 0.3) is 0 Å². The Labute approximate surface area is 213 Å². The Morgan fingerprint density at radius 2 is 1.61 bits per heavy atom. The van der Waals surface area contributed by atoms with Crippen molar-refractivity contribution in [2.75, 3.05) is 24.2 Å². The van der Waals surface area contributed by atoms with Gasteiger partial charge in [0.1, 0.15) is 12.6 Å². The Morgan fingerprint density at radius 1 is 1.00 bits per heavy atom. The minimum Gasteiger partial charge on any atom is -0.357 e. The molecule has 1 N–H and O–H groups in total. The number of halogens is 4. The van der Waals surface area contributed by atoms with Crippen LogP contribution >= 0.6 is 46.4 Å². The van der Waals surface area contributed by atoms with Crippen LogP contribution in [0.3, 0.4) is 0 Å². The lowest BCUT2D eigenvalue weighted by atomic mass is 10.1. The number of nitrogens with zero attached hydrogens (tertiary/aromatic N) is 2. The van der Waals surface area contributed by atoms with Crippen molar-refractivity contribution in [1.82, 2.24) is 10.2 Å². The number of carbonyl (C=O) groups excluding carboxylic acids is 2. The smallest absolute Gasteiger partial charge is 0.244 e. The molecule has 7 nitrogen and oxygen atoms in total. The number of amides is 2. The minimum absolute atomic E-state index is 0.0950. The SMILES string of the molecule is CCC(C(=O)NC)N(Cc1c(Cl)cccc1Cl)C(=O)CN(c1ccc(Cl)c(Cl)c1)S(C)(=O)=O. The second kappa shape index (κ2) is 11.6. The highest BCUT2D eigenvalue weighted by Crippen LogP contribution is 2.30. The summed E-state index contributed by atoms with van der Waals surface area (Å²) in [6.45, 7) is 1.07. The van der Waals surface area contributed by atoms with Gasteiger partial charge in [-0.25, -0.2) is 8.42 Å². The molecule has 0 aliphatic carbocycles. The molecule has 0 spiro atoms. The summed E-state index contributed by atoms with van der Waals surface area (Å²) in [6.07, 6.45) is 1.24. The van der Waals surface area contributed by atoms with E-state index in [9.17, 15) is 18.0 Å². The molecule has 12 heteroatoms. The van der Waals surface area contributed by atoms with E-state index in [0.29, 0.717) is 15.6 Å². The lowest BCUT2D eigenvalue weighted by Crippen LogP contribution is -2.51. The third kappa shape index (κ3) is 6.90. The Bertz CT molecular complexity index is 1120. The third-order valence-electron chi connectivity index (χ3n) is 4.89. The van der Waals surface area contributed by atoms with Crippen LogP contribution in [-0.4, -0.2) is 51.0 Å². The van der Waals surface area contributed by atoms with E-state index in [-0.39, 0.29) is 28.7 Å². The van der Waals surface area contributed by atoms with Gasteiger partial charge in [0.05, 0.1) is 22.0 Å². The zero-order valence-electron chi connectivity index (χ0n) is 18.1. The van der Waals surface area contributed by atoms with Crippen LogP contribution in [0.5, 0.6) is 0 Å². The molecule has 0 aromatic heterocycles. The molecule has 0 heterocycles. The predicted molar refractivity (Wildman–Crippen MR) is 134 cm³/mol. The molecule has 0 fully saturated rings. The predicted octanol–water partition coefficient (Wildman–Crippen LogP) is 4.62. The molecule has 0 aliphatic rings. The van der Waals surface area contributed by atoms with E-state index in [1.54, 1.807) is 25.1 Å². The largest absolute Gasteiger partial charge is 0.357 e. The fourth-order valence-corrected chi connectivity index (χ4v) is 4.84. The van der Waals surface area contributed by atoms with Crippen LogP contribution in [0.15, 0.2) is 36.4 Å². The molecule has 1 atom stereocenters. The van der Waals surface area contributed by atoms with Crippen LogP contribution in [0.4, 0.5) is 5.69 Å². The molecule has 1 unspecified atom stereocenters. The number of nitrogens with one attached hydrogen (secondary N) is 1. The molecule has 0 radical (unpaired) electrons. The van der Waals surface area contributed by atoms with E-state index in [2.05, 4.69) is 5.32 Å². The summed E-state index contributed by atoms with van der Waals surface area (Å²) in [5, 5.41) is 3.53. The molecule has 0 bridgehead atoms. The van der Waals surface area contributed by atoms with Crippen molar-refractivity contribution >= 4 is 73.9 Å². The monoisotopic (exact) mass is 553 g/mol. The average Bonchev–Trinajstić information content (AvgIpc) is 2.74. The van der Waals surface area contributed by atoms with Crippen LogP contribution in [0.2, 0.25) is 20.1 Å². The van der Waals surface area contributed by atoms with E-state index in [4.69, 9.17) is 46.4 Å². The quantitative estimate of drug-likeness (QED) is 0.490. The Morgan fingerprint density at radius 3 is 2.09 bits per heavy atom. The normalized spacial score (nSPS) is 12.2. The van der Waals surface area contributed by atoms with Gasteiger partial charge in [0, 0.05) is 29.2 Å². The molecule has 180 valence electrons. The van der Waals surface area contributed by atoms with Gasteiger partial charge in [-0.1, -0.05) is 59.4 Å². The number of carbonyl (C=O) groups is 2. The van der Waals surface area contributed by atoms with Crippen LogP contribution in [0.25, 0.3) is 0 Å². The van der Waals surface area contributed by atoms with Crippen LogP contribution in [0, 0.1) is 0 Å². The molecule has 2 amide bonds. The maximum atomic E-state index is 13.5. The van der Waals surface area contributed by atoms with E-state index in [1.807, 2.05) is 0 Å². The van der Waals surface area contributed by atoms with E-state index in [0.717, 1.165) is 10.6 Å². The number of likely N-dealkylation sites (N-methyl/N-ethyl adjacent to an activating group) is 1. The second-order valence-corrected chi connectivity index (χ2v) is 10.7. The second-order valence-electron chi connectivity index (χ2n) is 7.13. The van der Waals surface area contributed by atoms with Gasteiger partial charge >= 0.3 is 0 Å². The van der Waals surface area contributed by atoms with Crippen LogP contribution in [-0.2, 0) is 26.2 Å². The number of hydrogen-bond acceptors (Lipinski definition) is 4. The van der Waals surface area contributed by atoms with Gasteiger partial charge < -0.3 is 10.2 Å². The van der Waals surface area contributed by atoms with Gasteiger partial charge in [-0.3, -0.25) is 13.9 Å². The lowest BCUT2D eigenvalue weighted by molar-refractivity contribution is -0.140. The highest BCUT2D eigenvalue weighted by Gasteiger charge is 2.32. The van der Waals surface area contributed by atoms with Crippen molar-refractivity contribution in [3.63, 3.8) is 0 Å². The van der Waals surface area contributed by atoms with E-state index in [1.165, 1.54) is 30.1 Å². The van der Waals surface area contributed by atoms with Crippen LogP contribution < -0.4 is 9.62 Å². The molecule has 0 saturated heterocycles. The third-order valence-corrected chi connectivity index (χ3v) is 7.48.